The lowest BCUT2D eigenvalue weighted by Gasteiger charge is -2.08. The lowest BCUT2D eigenvalue weighted by molar-refractivity contribution is -0.145. The molecule has 2 aromatic carbocycles. The van der Waals surface area contributed by atoms with Crippen molar-refractivity contribution in [3.8, 4) is 5.75 Å². The van der Waals surface area contributed by atoms with Gasteiger partial charge in [-0.15, -0.1) is 0 Å². The van der Waals surface area contributed by atoms with Gasteiger partial charge in [0.15, 0.2) is 12.2 Å². The molecule has 0 aliphatic carbocycles. The van der Waals surface area contributed by atoms with Crippen molar-refractivity contribution >= 4 is 34.7 Å². The second-order valence-electron chi connectivity index (χ2n) is 5.91. The molecule has 0 atom stereocenters. The Balaban J connectivity index is 1.30. The largest absolute Gasteiger partial charge is 0.492 e. The quantitative estimate of drug-likeness (QED) is 0.335. The van der Waals surface area contributed by atoms with Crippen LogP contribution in [-0.4, -0.2) is 42.4 Å². The Hall–Kier alpha value is -3.00. The van der Waals surface area contributed by atoms with Crippen LogP contribution >= 0.6 is 11.8 Å². The summed E-state index contributed by atoms with van der Waals surface area (Å²) in [6, 6.07) is 15.0. The van der Waals surface area contributed by atoms with Crippen molar-refractivity contribution in [3.05, 3.63) is 54.1 Å². The number of carbonyl (C=O) groups is 2. The Kier molecular flexibility index (Phi) is 6.91. The molecule has 0 saturated heterocycles. The van der Waals surface area contributed by atoms with Gasteiger partial charge in [0, 0.05) is 0 Å². The number of aryl methyl sites for hydroxylation is 1. The fourth-order valence-corrected chi connectivity index (χ4v) is 2.97. The Morgan fingerprint density at radius 3 is 2.86 bits per heavy atom. The number of hydrogen-bond donors (Lipinski definition) is 1. The normalized spacial score (nSPS) is 10.6. The SMILES string of the molecule is Cc1cccc(OCCNC(=O)COC(=O)CSc2nc3ccccc3o2)c1. The average molecular weight is 400 g/mol. The first kappa shape index (κ1) is 19.8. The van der Waals surface area contributed by atoms with Gasteiger partial charge in [-0.2, -0.15) is 0 Å². The van der Waals surface area contributed by atoms with Gasteiger partial charge in [-0.3, -0.25) is 9.59 Å². The summed E-state index contributed by atoms with van der Waals surface area (Å²) in [6.45, 7) is 2.29. The van der Waals surface area contributed by atoms with Crippen molar-refractivity contribution in [2.24, 2.45) is 0 Å². The Morgan fingerprint density at radius 2 is 2.04 bits per heavy atom. The van der Waals surface area contributed by atoms with E-state index in [1.807, 2.05) is 49.4 Å². The summed E-state index contributed by atoms with van der Waals surface area (Å²) in [5.41, 5.74) is 2.49. The van der Waals surface area contributed by atoms with E-state index in [4.69, 9.17) is 13.9 Å². The lowest BCUT2D eigenvalue weighted by atomic mass is 10.2. The van der Waals surface area contributed by atoms with Crippen molar-refractivity contribution in [1.29, 1.82) is 0 Å². The molecule has 0 aliphatic heterocycles. The van der Waals surface area contributed by atoms with E-state index in [1.54, 1.807) is 6.07 Å². The van der Waals surface area contributed by atoms with E-state index in [9.17, 15) is 9.59 Å². The van der Waals surface area contributed by atoms with Crippen LogP contribution in [0, 0.1) is 6.92 Å². The van der Waals surface area contributed by atoms with Crippen molar-refractivity contribution in [2.45, 2.75) is 12.1 Å². The number of esters is 1. The van der Waals surface area contributed by atoms with Crippen LogP contribution in [0.25, 0.3) is 11.1 Å². The van der Waals surface area contributed by atoms with Crippen molar-refractivity contribution in [3.63, 3.8) is 0 Å². The molecule has 0 bridgehead atoms. The number of hydrogen-bond acceptors (Lipinski definition) is 7. The number of rotatable bonds is 9. The van der Waals surface area contributed by atoms with Gasteiger partial charge >= 0.3 is 5.97 Å². The first-order valence-electron chi connectivity index (χ1n) is 8.70. The number of oxazole rings is 1. The molecule has 3 aromatic rings. The lowest BCUT2D eigenvalue weighted by Crippen LogP contribution is -2.32. The molecule has 28 heavy (non-hydrogen) atoms. The molecule has 8 heteroatoms. The first-order chi connectivity index (χ1) is 13.6. The molecule has 1 amide bonds. The minimum atomic E-state index is -0.515. The zero-order valence-electron chi connectivity index (χ0n) is 15.3. The average Bonchev–Trinajstić information content (AvgIpc) is 3.11. The summed E-state index contributed by atoms with van der Waals surface area (Å²) < 4.78 is 16.0. The molecule has 1 aromatic heterocycles. The second kappa shape index (κ2) is 9.80. The minimum absolute atomic E-state index is 0.0105. The van der Waals surface area contributed by atoms with Gasteiger partial charge in [0.25, 0.3) is 11.1 Å². The minimum Gasteiger partial charge on any atom is -0.492 e. The van der Waals surface area contributed by atoms with Gasteiger partial charge in [-0.05, 0) is 36.8 Å². The van der Waals surface area contributed by atoms with Gasteiger partial charge < -0.3 is 19.2 Å². The number of nitrogens with one attached hydrogen (secondary N) is 1. The highest BCUT2D eigenvalue weighted by Crippen LogP contribution is 2.23. The van der Waals surface area contributed by atoms with Crippen molar-refractivity contribution in [2.75, 3.05) is 25.5 Å². The maximum absolute atomic E-state index is 11.8. The van der Waals surface area contributed by atoms with Crippen LogP contribution in [0.15, 0.2) is 58.2 Å². The van der Waals surface area contributed by atoms with E-state index in [1.165, 1.54) is 0 Å². The molecule has 7 nitrogen and oxygen atoms in total. The maximum atomic E-state index is 11.8. The summed E-state index contributed by atoms with van der Waals surface area (Å²) >= 11 is 1.12. The predicted molar refractivity (Wildman–Crippen MR) is 105 cm³/mol. The summed E-state index contributed by atoms with van der Waals surface area (Å²) in [6.07, 6.45) is 0. The number of para-hydroxylation sites is 2. The standard InChI is InChI=1S/C20H20N2O5S/c1-14-5-4-6-15(11-14)25-10-9-21-18(23)12-26-19(24)13-28-20-22-16-7-2-3-8-17(16)27-20/h2-8,11H,9-10,12-13H2,1H3,(H,21,23). The smallest absolute Gasteiger partial charge is 0.316 e. The number of benzene rings is 2. The molecule has 1 heterocycles. The van der Waals surface area contributed by atoms with Crippen molar-refractivity contribution in [1.82, 2.24) is 10.3 Å². The van der Waals surface area contributed by atoms with E-state index in [0.717, 1.165) is 28.6 Å². The number of amides is 1. The molecule has 0 radical (unpaired) electrons. The van der Waals surface area contributed by atoms with E-state index in [-0.39, 0.29) is 18.3 Å². The van der Waals surface area contributed by atoms with E-state index < -0.39 is 5.97 Å². The molecule has 0 aliphatic rings. The van der Waals surface area contributed by atoms with E-state index in [0.29, 0.717) is 24.0 Å². The molecule has 0 saturated carbocycles. The molecular weight excluding hydrogens is 380 g/mol. The van der Waals surface area contributed by atoms with Crippen LogP contribution in [-0.2, 0) is 14.3 Å². The second-order valence-corrected chi connectivity index (χ2v) is 6.84. The fraction of sp³-hybridized carbons (Fsp3) is 0.250. The number of aromatic nitrogens is 1. The third-order valence-electron chi connectivity index (χ3n) is 3.63. The highest BCUT2D eigenvalue weighted by molar-refractivity contribution is 7.99. The number of fused-ring (bicyclic) bond motifs is 1. The van der Waals surface area contributed by atoms with Crippen LogP contribution in [0.4, 0.5) is 0 Å². The Bertz CT molecular complexity index is 923. The van der Waals surface area contributed by atoms with Crippen LogP contribution in [0.5, 0.6) is 5.75 Å². The number of thioether (sulfide) groups is 1. The van der Waals surface area contributed by atoms with Gasteiger partial charge in [0.1, 0.15) is 23.6 Å². The van der Waals surface area contributed by atoms with Gasteiger partial charge in [-0.1, -0.05) is 36.0 Å². The van der Waals surface area contributed by atoms with Gasteiger partial charge in [0.2, 0.25) is 0 Å². The predicted octanol–water partition coefficient (Wildman–Crippen LogP) is 2.97. The zero-order chi connectivity index (χ0) is 19.8. The summed E-state index contributed by atoms with van der Waals surface area (Å²) in [5.74, 6) is -0.139. The van der Waals surface area contributed by atoms with Gasteiger partial charge in [-0.25, -0.2) is 4.98 Å². The molecule has 0 unspecified atom stereocenters. The van der Waals surface area contributed by atoms with E-state index >= 15 is 0 Å². The summed E-state index contributed by atoms with van der Waals surface area (Å²) in [5, 5.41) is 3.02. The zero-order valence-corrected chi connectivity index (χ0v) is 16.2. The number of carbonyl (C=O) groups excluding carboxylic acids is 2. The van der Waals surface area contributed by atoms with Crippen molar-refractivity contribution < 1.29 is 23.5 Å². The third kappa shape index (κ3) is 6.02. The van der Waals surface area contributed by atoms with Crippen LogP contribution in [0.2, 0.25) is 0 Å². The summed E-state index contributed by atoms with van der Waals surface area (Å²) in [7, 11) is 0. The monoisotopic (exact) mass is 400 g/mol. The third-order valence-corrected chi connectivity index (χ3v) is 4.44. The maximum Gasteiger partial charge on any atom is 0.316 e. The summed E-state index contributed by atoms with van der Waals surface area (Å²) in [4.78, 5) is 27.7. The topological polar surface area (TPSA) is 90.7 Å². The molecule has 146 valence electrons. The Labute approximate surface area is 166 Å². The number of nitrogens with zero attached hydrogens (tertiary/aromatic N) is 1. The number of ether oxygens (including phenoxy) is 2. The van der Waals surface area contributed by atoms with Crippen LogP contribution in [0.3, 0.4) is 0 Å². The Morgan fingerprint density at radius 1 is 1.18 bits per heavy atom. The fourth-order valence-electron chi connectivity index (χ4n) is 2.34. The highest BCUT2D eigenvalue weighted by Gasteiger charge is 2.11. The van der Waals surface area contributed by atoms with Crippen LogP contribution < -0.4 is 10.1 Å². The molecule has 1 N–H and O–H groups in total. The highest BCUT2D eigenvalue weighted by atomic mass is 32.2. The molecule has 0 fully saturated rings. The van der Waals surface area contributed by atoms with E-state index in [2.05, 4.69) is 10.3 Å². The molecular formula is C20H20N2O5S. The van der Waals surface area contributed by atoms with Crippen LogP contribution in [0.1, 0.15) is 5.56 Å². The first-order valence-corrected chi connectivity index (χ1v) is 9.69. The molecule has 0 spiro atoms. The molecule has 3 rings (SSSR count). The van der Waals surface area contributed by atoms with Gasteiger partial charge in [0.05, 0.1) is 6.54 Å².